The third-order valence-electron chi connectivity index (χ3n) is 5.84. The van der Waals surface area contributed by atoms with Gasteiger partial charge in [0, 0.05) is 57.5 Å². The van der Waals surface area contributed by atoms with Crippen LogP contribution < -0.4 is 0 Å². The summed E-state index contributed by atoms with van der Waals surface area (Å²) < 4.78 is 0. The lowest BCUT2D eigenvalue weighted by atomic mass is 9.93. The van der Waals surface area contributed by atoms with Gasteiger partial charge in [-0.05, 0) is 18.9 Å². The topological polar surface area (TPSA) is 55.5 Å². The number of likely N-dealkylation sites (tertiary alicyclic amines) is 1. The van der Waals surface area contributed by atoms with Crippen molar-refractivity contribution in [3.63, 3.8) is 0 Å². The van der Waals surface area contributed by atoms with Gasteiger partial charge in [-0.15, -0.1) is 0 Å². The molecule has 1 aromatic rings. The van der Waals surface area contributed by atoms with Gasteiger partial charge in [-0.2, -0.15) is 5.10 Å². The number of nitrogens with one attached hydrogen (secondary N) is 1. The zero-order valence-corrected chi connectivity index (χ0v) is 13.8. The molecule has 3 aliphatic rings. The van der Waals surface area contributed by atoms with Crippen LogP contribution in [0.2, 0.25) is 0 Å². The fraction of sp³-hybridized carbons (Fsp3) is 0.765. The minimum Gasteiger partial charge on any atom is -0.334 e. The van der Waals surface area contributed by atoms with Crippen molar-refractivity contribution in [3.05, 3.63) is 18.0 Å². The van der Waals surface area contributed by atoms with Crippen LogP contribution >= 0.6 is 0 Å². The van der Waals surface area contributed by atoms with E-state index in [-0.39, 0.29) is 5.91 Å². The highest BCUT2D eigenvalue weighted by Gasteiger charge is 2.37. The van der Waals surface area contributed by atoms with E-state index in [1.54, 1.807) is 12.3 Å². The second-order valence-corrected chi connectivity index (χ2v) is 7.20. The van der Waals surface area contributed by atoms with E-state index in [0.29, 0.717) is 11.7 Å². The van der Waals surface area contributed by atoms with Crippen molar-refractivity contribution in [1.29, 1.82) is 0 Å². The second kappa shape index (κ2) is 6.61. The summed E-state index contributed by atoms with van der Waals surface area (Å²) in [7, 11) is 0. The smallest absolute Gasteiger partial charge is 0.271 e. The summed E-state index contributed by atoms with van der Waals surface area (Å²) in [4.78, 5) is 19.4. The Morgan fingerprint density at radius 2 is 1.65 bits per heavy atom. The van der Waals surface area contributed by atoms with Crippen LogP contribution in [0.5, 0.6) is 0 Å². The monoisotopic (exact) mass is 317 g/mol. The van der Waals surface area contributed by atoms with Crippen molar-refractivity contribution in [1.82, 2.24) is 24.9 Å². The highest BCUT2D eigenvalue weighted by Crippen LogP contribution is 2.25. The third kappa shape index (κ3) is 3.15. The van der Waals surface area contributed by atoms with Crippen LogP contribution in [0.3, 0.4) is 0 Å². The average molecular weight is 317 g/mol. The Balaban J connectivity index is 1.22. The first-order valence-corrected chi connectivity index (χ1v) is 9.08. The first-order chi connectivity index (χ1) is 11.3. The maximum Gasteiger partial charge on any atom is 0.271 e. The minimum atomic E-state index is 0.0830. The first-order valence-electron chi connectivity index (χ1n) is 9.08. The predicted octanol–water partition coefficient (Wildman–Crippen LogP) is 1.18. The molecule has 3 fully saturated rings. The zero-order chi connectivity index (χ0) is 15.6. The van der Waals surface area contributed by atoms with Gasteiger partial charge in [0.15, 0.2) is 0 Å². The summed E-state index contributed by atoms with van der Waals surface area (Å²) in [5, 5.41) is 6.62. The Hall–Kier alpha value is -1.40. The van der Waals surface area contributed by atoms with E-state index in [0.717, 1.165) is 32.2 Å². The molecule has 1 aliphatic carbocycles. The lowest BCUT2D eigenvalue weighted by molar-refractivity contribution is -0.00287. The number of amides is 1. The minimum absolute atomic E-state index is 0.0830. The molecule has 0 unspecified atom stereocenters. The fourth-order valence-corrected chi connectivity index (χ4v) is 4.31. The Bertz CT molecular complexity index is 511. The third-order valence-corrected chi connectivity index (χ3v) is 5.84. The van der Waals surface area contributed by atoms with Crippen LogP contribution in [0.4, 0.5) is 0 Å². The average Bonchev–Trinajstić information content (AvgIpc) is 3.09. The van der Waals surface area contributed by atoms with Crippen LogP contribution in [0.15, 0.2) is 12.3 Å². The summed E-state index contributed by atoms with van der Waals surface area (Å²) in [6.07, 6.45) is 8.69. The second-order valence-electron chi connectivity index (χ2n) is 7.20. The quantitative estimate of drug-likeness (QED) is 0.910. The number of H-pyrrole nitrogens is 1. The lowest BCUT2D eigenvalue weighted by Gasteiger charge is -2.49. The summed E-state index contributed by atoms with van der Waals surface area (Å²) in [6, 6.07) is 3.14. The summed E-state index contributed by atoms with van der Waals surface area (Å²) in [5.74, 6) is 0.0830. The van der Waals surface area contributed by atoms with Crippen molar-refractivity contribution in [2.45, 2.75) is 44.2 Å². The van der Waals surface area contributed by atoms with Gasteiger partial charge in [0.1, 0.15) is 5.69 Å². The molecule has 126 valence electrons. The van der Waals surface area contributed by atoms with E-state index in [2.05, 4.69) is 20.0 Å². The molecule has 1 amide bonds. The van der Waals surface area contributed by atoms with Gasteiger partial charge in [-0.1, -0.05) is 19.3 Å². The van der Waals surface area contributed by atoms with Gasteiger partial charge in [-0.3, -0.25) is 19.7 Å². The van der Waals surface area contributed by atoms with Gasteiger partial charge < -0.3 is 4.90 Å². The Labute approximate surface area is 137 Å². The number of rotatable bonds is 3. The van der Waals surface area contributed by atoms with E-state index in [1.807, 2.05) is 4.90 Å². The standard InChI is InChI=1S/C17H27N5O/c23-17(16-6-7-18-19-16)22-12-15(13-22)21-10-8-20(9-11-21)14-4-2-1-3-5-14/h6-7,14-15H,1-5,8-13H2,(H,18,19). The van der Waals surface area contributed by atoms with Crippen LogP contribution in [-0.2, 0) is 0 Å². The van der Waals surface area contributed by atoms with Crippen LogP contribution in [0, 0.1) is 0 Å². The molecule has 1 saturated carbocycles. The van der Waals surface area contributed by atoms with Crippen molar-refractivity contribution >= 4 is 5.91 Å². The molecule has 0 bridgehead atoms. The number of nitrogens with zero attached hydrogens (tertiary/aromatic N) is 4. The van der Waals surface area contributed by atoms with Crippen molar-refractivity contribution in [2.75, 3.05) is 39.3 Å². The van der Waals surface area contributed by atoms with Gasteiger partial charge in [-0.25, -0.2) is 0 Å². The molecule has 0 aromatic carbocycles. The summed E-state index contributed by atoms with van der Waals surface area (Å²) in [5.41, 5.74) is 0.602. The molecule has 3 heterocycles. The normalized spacial score (nSPS) is 25.5. The number of aromatic nitrogens is 2. The van der Waals surface area contributed by atoms with E-state index in [9.17, 15) is 4.79 Å². The maximum atomic E-state index is 12.2. The molecule has 23 heavy (non-hydrogen) atoms. The van der Waals surface area contributed by atoms with Crippen molar-refractivity contribution in [2.24, 2.45) is 0 Å². The molecular weight excluding hydrogens is 290 g/mol. The van der Waals surface area contributed by atoms with E-state index in [4.69, 9.17) is 0 Å². The Morgan fingerprint density at radius 1 is 1.00 bits per heavy atom. The molecule has 6 heteroatoms. The molecule has 1 aromatic heterocycles. The number of hydrogen-bond acceptors (Lipinski definition) is 4. The molecular formula is C17H27N5O. The number of carbonyl (C=O) groups excluding carboxylic acids is 1. The summed E-state index contributed by atoms with van der Waals surface area (Å²) in [6.45, 7) is 6.45. The highest BCUT2D eigenvalue weighted by atomic mass is 16.2. The Morgan fingerprint density at radius 3 is 2.26 bits per heavy atom. The van der Waals surface area contributed by atoms with E-state index < -0.39 is 0 Å². The van der Waals surface area contributed by atoms with Crippen LogP contribution in [-0.4, -0.2) is 82.2 Å². The SMILES string of the molecule is O=C(c1ccn[nH]1)N1CC(N2CCN(C3CCCCC3)CC2)C1. The molecule has 0 radical (unpaired) electrons. The molecule has 2 saturated heterocycles. The molecule has 6 nitrogen and oxygen atoms in total. The van der Waals surface area contributed by atoms with Crippen molar-refractivity contribution < 1.29 is 4.79 Å². The van der Waals surface area contributed by atoms with Crippen LogP contribution in [0.1, 0.15) is 42.6 Å². The molecule has 0 atom stereocenters. The van der Waals surface area contributed by atoms with Crippen LogP contribution in [0.25, 0.3) is 0 Å². The lowest BCUT2D eigenvalue weighted by Crippen LogP contribution is -2.64. The number of carbonyl (C=O) groups is 1. The van der Waals surface area contributed by atoms with E-state index in [1.165, 1.54) is 45.2 Å². The number of hydrogen-bond donors (Lipinski definition) is 1. The maximum absolute atomic E-state index is 12.2. The molecule has 0 spiro atoms. The van der Waals surface area contributed by atoms with E-state index >= 15 is 0 Å². The predicted molar refractivity (Wildman–Crippen MR) is 88.3 cm³/mol. The van der Waals surface area contributed by atoms with Crippen molar-refractivity contribution in [3.8, 4) is 0 Å². The number of piperazine rings is 1. The fourth-order valence-electron chi connectivity index (χ4n) is 4.31. The molecule has 2 aliphatic heterocycles. The highest BCUT2D eigenvalue weighted by molar-refractivity contribution is 5.92. The van der Waals surface area contributed by atoms with Gasteiger partial charge in [0.2, 0.25) is 0 Å². The van der Waals surface area contributed by atoms with Gasteiger partial charge in [0.05, 0.1) is 0 Å². The summed E-state index contributed by atoms with van der Waals surface area (Å²) >= 11 is 0. The first kappa shape index (κ1) is 15.1. The van der Waals surface area contributed by atoms with Gasteiger partial charge in [0.25, 0.3) is 5.91 Å². The molecule has 4 rings (SSSR count). The number of aromatic amines is 1. The van der Waals surface area contributed by atoms with Gasteiger partial charge >= 0.3 is 0 Å². The zero-order valence-electron chi connectivity index (χ0n) is 13.8. The Kier molecular flexibility index (Phi) is 4.35. The largest absolute Gasteiger partial charge is 0.334 e. The molecule has 1 N–H and O–H groups in total.